The smallest absolute Gasteiger partial charge is 0.264 e. The molecule has 4 rings (SSSR count). The maximum Gasteiger partial charge on any atom is 0.264 e. The van der Waals surface area contributed by atoms with Crippen LogP contribution >= 0.6 is 23.4 Å². The molecule has 0 unspecified atom stereocenters. The molecule has 1 saturated heterocycles. The number of amidine groups is 1. The summed E-state index contributed by atoms with van der Waals surface area (Å²) in [5.74, 6) is 1.84. The highest BCUT2D eigenvalue weighted by Crippen LogP contribution is 2.37. The molecule has 1 amide bonds. The van der Waals surface area contributed by atoms with Gasteiger partial charge in [0.1, 0.15) is 12.4 Å². The first-order chi connectivity index (χ1) is 18.5. The zero-order valence-electron chi connectivity index (χ0n) is 21.3. The quantitative estimate of drug-likeness (QED) is 0.200. The summed E-state index contributed by atoms with van der Waals surface area (Å²) in [7, 11) is 0. The molecule has 0 saturated carbocycles. The maximum absolute atomic E-state index is 12.7. The van der Waals surface area contributed by atoms with Crippen molar-refractivity contribution in [3.05, 3.63) is 99.9 Å². The van der Waals surface area contributed by atoms with Crippen molar-refractivity contribution >= 4 is 46.2 Å². The number of aliphatic imine (C=N–C) groups is 1. The van der Waals surface area contributed by atoms with Crippen molar-refractivity contribution < 1.29 is 19.0 Å². The van der Waals surface area contributed by atoms with E-state index < -0.39 is 0 Å². The van der Waals surface area contributed by atoms with Gasteiger partial charge in [0.05, 0.1) is 23.8 Å². The Balaban J connectivity index is 1.58. The summed E-state index contributed by atoms with van der Waals surface area (Å²) in [5, 5.41) is 4.03. The Morgan fingerprint density at radius 3 is 2.42 bits per heavy atom. The molecule has 3 aromatic carbocycles. The number of hydrogen-bond acceptors (Lipinski definition) is 6. The zero-order valence-corrected chi connectivity index (χ0v) is 22.9. The highest BCUT2D eigenvalue weighted by Gasteiger charge is 2.24. The molecule has 1 fully saturated rings. The van der Waals surface area contributed by atoms with Gasteiger partial charge < -0.3 is 19.5 Å². The van der Waals surface area contributed by atoms with E-state index >= 15 is 0 Å². The van der Waals surface area contributed by atoms with Gasteiger partial charge in [-0.25, -0.2) is 4.99 Å². The van der Waals surface area contributed by atoms with E-state index in [2.05, 4.69) is 16.9 Å². The van der Waals surface area contributed by atoms with Crippen LogP contribution in [0.5, 0.6) is 17.2 Å². The van der Waals surface area contributed by atoms with Gasteiger partial charge in [-0.1, -0.05) is 29.8 Å². The number of nitrogens with zero attached hydrogens (tertiary/aromatic N) is 1. The first-order valence-electron chi connectivity index (χ1n) is 12.3. The Kier molecular flexibility index (Phi) is 9.51. The number of carbonyl (C=O) groups is 1. The largest absolute Gasteiger partial charge is 0.494 e. The Morgan fingerprint density at radius 2 is 1.74 bits per heavy atom. The molecular formula is C30H29ClN2O4S. The van der Waals surface area contributed by atoms with E-state index in [-0.39, 0.29) is 5.91 Å². The summed E-state index contributed by atoms with van der Waals surface area (Å²) in [6.07, 6.45) is 4.23. The molecular weight excluding hydrogens is 520 g/mol. The Bertz CT molecular complexity index is 1350. The fourth-order valence-electron chi connectivity index (χ4n) is 3.77. The molecule has 0 atom stereocenters. The van der Waals surface area contributed by atoms with E-state index in [4.69, 9.17) is 25.8 Å². The van der Waals surface area contributed by atoms with Crippen molar-refractivity contribution in [1.29, 1.82) is 0 Å². The Labute approximate surface area is 232 Å². The van der Waals surface area contributed by atoms with Crippen molar-refractivity contribution in [2.75, 3.05) is 13.2 Å². The number of halogens is 1. The van der Waals surface area contributed by atoms with E-state index in [0.29, 0.717) is 52.8 Å². The van der Waals surface area contributed by atoms with E-state index in [9.17, 15) is 4.79 Å². The molecule has 38 heavy (non-hydrogen) atoms. The molecule has 0 radical (unpaired) electrons. The van der Waals surface area contributed by atoms with E-state index in [0.717, 1.165) is 28.1 Å². The van der Waals surface area contributed by atoms with E-state index in [1.165, 1.54) is 11.8 Å². The van der Waals surface area contributed by atoms with Crippen LogP contribution in [0.15, 0.2) is 83.2 Å². The van der Waals surface area contributed by atoms with Crippen molar-refractivity contribution in [3.8, 4) is 17.2 Å². The third kappa shape index (κ3) is 7.21. The fraction of sp³-hybridized carbons (Fsp3) is 0.200. The molecule has 3 aromatic rings. The minimum absolute atomic E-state index is 0.203. The highest BCUT2D eigenvalue weighted by molar-refractivity contribution is 8.18. The third-order valence-electron chi connectivity index (χ3n) is 5.44. The van der Waals surface area contributed by atoms with E-state index in [1.807, 2.05) is 86.7 Å². The molecule has 1 heterocycles. The second-order valence-electron chi connectivity index (χ2n) is 8.26. The number of nitrogens with one attached hydrogen (secondary N) is 1. The SMILES string of the molecule is C=CCc1cc(/C=C2/SC(=Nc3ccc(OCC)cc3)NC2=O)cc(OCC)c1OCc1ccc(Cl)cc1. The van der Waals surface area contributed by atoms with Gasteiger partial charge in [-0.15, -0.1) is 6.58 Å². The van der Waals surface area contributed by atoms with Crippen molar-refractivity contribution in [1.82, 2.24) is 5.32 Å². The number of carbonyl (C=O) groups excluding carboxylic acids is 1. The predicted molar refractivity (Wildman–Crippen MR) is 156 cm³/mol. The van der Waals surface area contributed by atoms with Gasteiger partial charge in [0.15, 0.2) is 16.7 Å². The van der Waals surface area contributed by atoms with Crippen LogP contribution < -0.4 is 19.5 Å². The first kappa shape index (κ1) is 27.4. The third-order valence-corrected chi connectivity index (χ3v) is 6.60. The van der Waals surface area contributed by atoms with Gasteiger partial charge in [-0.05, 0) is 97.8 Å². The number of thioether (sulfide) groups is 1. The summed E-state index contributed by atoms with van der Waals surface area (Å²) < 4.78 is 17.6. The lowest BCUT2D eigenvalue weighted by atomic mass is 10.0. The van der Waals surface area contributed by atoms with Crippen LogP contribution in [0.4, 0.5) is 5.69 Å². The molecule has 6 nitrogen and oxygen atoms in total. The van der Waals surface area contributed by atoms with Gasteiger partial charge >= 0.3 is 0 Å². The Morgan fingerprint density at radius 1 is 1.00 bits per heavy atom. The normalized spacial score (nSPS) is 15.0. The number of rotatable bonds is 11. The molecule has 0 bridgehead atoms. The molecule has 0 spiro atoms. The van der Waals surface area contributed by atoms with Crippen LogP contribution in [0, 0.1) is 0 Å². The zero-order chi connectivity index (χ0) is 26.9. The molecule has 8 heteroatoms. The molecule has 0 aliphatic carbocycles. The molecule has 196 valence electrons. The van der Waals surface area contributed by atoms with Crippen molar-refractivity contribution in [2.24, 2.45) is 4.99 Å². The van der Waals surface area contributed by atoms with Crippen LogP contribution in [-0.2, 0) is 17.8 Å². The lowest BCUT2D eigenvalue weighted by molar-refractivity contribution is -0.115. The van der Waals surface area contributed by atoms with Gasteiger partial charge in [0.25, 0.3) is 5.91 Å². The predicted octanol–water partition coefficient (Wildman–Crippen LogP) is 7.34. The topological polar surface area (TPSA) is 69.2 Å². The second-order valence-corrected chi connectivity index (χ2v) is 9.72. The summed E-state index contributed by atoms with van der Waals surface area (Å²) >= 11 is 7.30. The molecule has 1 aliphatic rings. The monoisotopic (exact) mass is 548 g/mol. The standard InChI is InChI=1S/C30H29ClN2O4S/c1-4-7-22-16-21(17-26(36-6-3)28(22)37-19-20-8-10-23(31)11-9-20)18-27-29(34)33-30(38-27)32-24-12-14-25(15-13-24)35-5-2/h4,8-18H,1,5-7,19H2,2-3H3,(H,32,33,34)/b27-18+. The Hall–Kier alpha value is -3.68. The van der Waals surface area contributed by atoms with Crippen LogP contribution in [0.2, 0.25) is 5.02 Å². The van der Waals surface area contributed by atoms with Crippen LogP contribution in [0.3, 0.4) is 0 Å². The average molecular weight is 549 g/mol. The average Bonchev–Trinajstić information content (AvgIpc) is 3.24. The van der Waals surface area contributed by atoms with Crippen molar-refractivity contribution in [3.63, 3.8) is 0 Å². The molecule has 1 N–H and O–H groups in total. The first-order valence-corrected chi connectivity index (χ1v) is 13.5. The van der Waals surface area contributed by atoms with E-state index in [1.54, 1.807) is 0 Å². The number of amides is 1. The number of ether oxygens (including phenoxy) is 3. The number of hydrogen-bond donors (Lipinski definition) is 1. The number of benzene rings is 3. The lowest BCUT2D eigenvalue weighted by Gasteiger charge is -2.17. The molecule has 1 aliphatic heterocycles. The van der Waals surface area contributed by atoms with Crippen LogP contribution in [0.25, 0.3) is 6.08 Å². The van der Waals surface area contributed by atoms with Gasteiger partial charge in [0, 0.05) is 10.6 Å². The fourth-order valence-corrected chi connectivity index (χ4v) is 4.74. The minimum Gasteiger partial charge on any atom is -0.494 e. The molecule has 0 aromatic heterocycles. The summed E-state index contributed by atoms with van der Waals surface area (Å²) in [5.41, 5.74) is 3.46. The highest BCUT2D eigenvalue weighted by atomic mass is 35.5. The van der Waals surface area contributed by atoms with Gasteiger partial charge in [-0.2, -0.15) is 0 Å². The van der Waals surface area contributed by atoms with Crippen molar-refractivity contribution in [2.45, 2.75) is 26.9 Å². The van der Waals surface area contributed by atoms with Gasteiger partial charge in [-0.3, -0.25) is 4.79 Å². The summed E-state index contributed by atoms with van der Waals surface area (Å²) in [6.45, 7) is 9.19. The second kappa shape index (κ2) is 13.2. The van der Waals surface area contributed by atoms with Gasteiger partial charge in [0.2, 0.25) is 0 Å². The van der Waals surface area contributed by atoms with Crippen LogP contribution in [-0.4, -0.2) is 24.3 Å². The minimum atomic E-state index is -0.203. The lowest BCUT2D eigenvalue weighted by Crippen LogP contribution is -2.19. The maximum atomic E-state index is 12.7. The summed E-state index contributed by atoms with van der Waals surface area (Å²) in [4.78, 5) is 17.8. The van der Waals surface area contributed by atoms with Crippen LogP contribution in [0.1, 0.15) is 30.5 Å². The number of allylic oxidation sites excluding steroid dienone is 1. The summed E-state index contributed by atoms with van der Waals surface area (Å²) in [6, 6.07) is 18.8.